The summed E-state index contributed by atoms with van der Waals surface area (Å²) in [7, 11) is 0. The smallest absolute Gasteiger partial charge is 0.191 e. The lowest BCUT2D eigenvalue weighted by Gasteiger charge is -2.34. The average Bonchev–Trinajstić information content (AvgIpc) is 2.66. The van der Waals surface area contributed by atoms with Crippen LogP contribution in [0.4, 0.5) is 0 Å². The summed E-state index contributed by atoms with van der Waals surface area (Å²) in [6.45, 7) is 9.62. The highest BCUT2D eigenvalue weighted by atomic mass is 16.5. The first kappa shape index (κ1) is 19.5. The molecule has 1 aromatic rings. The normalized spacial score (nSPS) is 18.8. The van der Waals surface area contributed by atoms with Gasteiger partial charge in [0.25, 0.3) is 0 Å². The van der Waals surface area contributed by atoms with Crippen molar-refractivity contribution in [2.24, 2.45) is 4.99 Å². The first-order valence-corrected chi connectivity index (χ1v) is 9.62. The Labute approximate surface area is 152 Å². The molecule has 0 spiro atoms. The van der Waals surface area contributed by atoms with E-state index in [9.17, 15) is 0 Å². The summed E-state index contributed by atoms with van der Waals surface area (Å²) >= 11 is 0. The van der Waals surface area contributed by atoms with Crippen LogP contribution < -0.4 is 15.4 Å². The van der Waals surface area contributed by atoms with Crippen LogP contribution in [-0.2, 0) is 0 Å². The first-order chi connectivity index (χ1) is 12.3. The third-order valence-corrected chi connectivity index (χ3v) is 4.52. The van der Waals surface area contributed by atoms with Crippen LogP contribution in [0.2, 0.25) is 0 Å². The molecule has 1 atom stereocenters. The highest BCUT2D eigenvalue weighted by Crippen LogP contribution is 2.18. The van der Waals surface area contributed by atoms with Crippen molar-refractivity contribution in [2.45, 2.75) is 45.6 Å². The van der Waals surface area contributed by atoms with Gasteiger partial charge in [0.1, 0.15) is 12.4 Å². The van der Waals surface area contributed by atoms with Crippen molar-refractivity contribution < 1.29 is 4.74 Å². The van der Waals surface area contributed by atoms with Gasteiger partial charge < -0.3 is 15.4 Å². The molecule has 25 heavy (non-hydrogen) atoms. The van der Waals surface area contributed by atoms with Gasteiger partial charge in [-0.05, 0) is 44.9 Å². The Bertz CT molecular complexity index is 494. The lowest BCUT2D eigenvalue weighted by Crippen LogP contribution is -2.42. The predicted molar refractivity (Wildman–Crippen MR) is 103 cm³/mol. The minimum absolute atomic E-state index is 0.583. The van der Waals surface area contributed by atoms with Crippen LogP contribution in [-0.4, -0.2) is 61.2 Å². The van der Waals surface area contributed by atoms with Crippen molar-refractivity contribution in [2.75, 3.05) is 39.3 Å². The summed E-state index contributed by atoms with van der Waals surface area (Å²) in [6, 6.07) is 4.53. The summed E-state index contributed by atoms with van der Waals surface area (Å²) in [5, 5.41) is 6.63. The lowest BCUT2D eigenvalue weighted by atomic mass is 10.0. The van der Waals surface area contributed by atoms with E-state index < -0.39 is 0 Å². The van der Waals surface area contributed by atoms with Gasteiger partial charge in [0.05, 0.1) is 19.3 Å². The molecule has 6 nitrogen and oxygen atoms in total. The number of hydrogen-bond acceptors (Lipinski definition) is 4. The van der Waals surface area contributed by atoms with E-state index in [2.05, 4.69) is 34.4 Å². The summed E-state index contributed by atoms with van der Waals surface area (Å²) in [5.41, 5.74) is 0. The summed E-state index contributed by atoms with van der Waals surface area (Å²) in [5.74, 6) is 1.66. The van der Waals surface area contributed by atoms with Crippen molar-refractivity contribution in [3.8, 4) is 5.75 Å². The van der Waals surface area contributed by atoms with Crippen LogP contribution in [0.5, 0.6) is 5.75 Å². The third-order valence-electron chi connectivity index (χ3n) is 4.52. The van der Waals surface area contributed by atoms with Gasteiger partial charge in [-0.3, -0.25) is 14.9 Å². The Morgan fingerprint density at radius 3 is 3.04 bits per heavy atom. The number of pyridine rings is 1. The number of rotatable bonds is 9. The SMILES string of the molecule is CCNC(=NCCN1CCCCC1CC)NCCOc1cccnc1. The highest BCUT2D eigenvalue weighted by Gasteiger charge is 2.19. The zero-order valence-electron chi connectivity index (χ0n) is 15.7. The second kappa shape index (κ2) is 11.7. The molecule has 0 aromatic carbocycles. The molecule has 6 heteroatoms. The van der Waals surface area contributed by atoms with Crippen LogP contribution in [0.3, 0.4) is 0 Å². The lowest BCUT2D eigenvalue weighted by molar-refractivity contribution is 0.148. The number of guanidine groups is 1. The Balaban J connectivity index is 1.70. The zero-order chi connectivity index (χ0) is 17.7. The van der Waals surface area contributed by atoms with Crippen LogP contribution in [0, 0.1) is 0 Å². The zero-order valence-corrected chi connectivity index (χ0v) is 15.7. The molecule has 1 aliphatic heterocycles. The molecule has 2 heterocycles. The Morgan fingerprint density at radius 1 is 1.36 bits per heavy atom. The Hall–Kier alpha value is -1.82. The minimum Gasteiger partial charge on any atom is -0.490 e. The number of piperidine rings is 1. The summed E-state index contributed by atoms with van der Waals surface area (Å²) in [4.78, 5) is 11.3. The Kier molecular flexibility index (Phi) is 9.12. The second-order valence-electron chi connectivity index (χ2n) is 6.32. The largest absolute Gasteiger partial charge is 0.490 e. The quantitative estimate of drug-likeness (QED) is 0.408. The molecule has 140 valence electrons. The first-order valence-electron chi connectivity index (χ1n) is 9.62. The van der Waals surface area contributed by atoms with Gasteiger partial charge >= 0.3 is 0 Å². The van der Waals surface area contributed by atoms with Crippen LogP contribution in [0.25, 0.3) is 0 Å². The van der Waals surface area contributed by atoms with E-state index in [0.717, 1.165) is 37.4 Å². The standard InChI is InChI=1S/C19H33N5O/c1-3-17-8-5-6-13-24(17)14-11-22-19(21-4-2)23-12-15-25-18-9-7-10-20-16-18/h7,9-10,16-17H,3-6,8,11-15H2,1-2H3,(H2,21,22,23). The minimum atomic E-state index is 0.583. The molecule has 0 radical (unpaired) electrons. The van der Waals surface area contributed by atoms with Crippen molar-refractivity contribution in [1.82, 2.24) is 20.5 Å². The third kappa shape index (κ3) is 7.30. The second-order valence-corrected chi connectivity index (χ2v) is 6.32. The van der Waals surface area contributed by atoms with E-state index in [1.165, 1.54) is 32.2 Å². The molecule has 0 bridgehead atoms. The van der Waals surface area contributed by atoms with Crippen LogP contribution in [0.1, 0.15) is 39.5 Å². The molecule has 2 rings (SSSR count). The molecular formula is C19H33N5O. The van der Waals surface area contributed by atoms with Crippen molar-refractivity contribution in [3.63, 3.8) is 0 Å². The molecular weight excluding hydrogens is 314 g/mol. The van der Waals surface area contributed by atoms with Crippen molar-refractivity contribution >= 4 is 5.96 Å². The summed E-state index contributed by atoms with van der Waals surface area (Å²) in [6.07, 6.45) is 8.75. The van der Waals surface area contributed by atoms with Gasteiger partial charge in [0.2, 0.25) is 0 Å². The Morgan fingerprint density at radius 2 is 2.28 bits per heavy atom. The van der Waals surface area contributed by atoms with Gasteiger partial charge in [0.15, 0.2) is 5.96 Å². The van der Waals surface area contributed by atoms with Crippen LogP contribution in [0.15, 0.2) is 29.5 Å². The van der Waals surface area contributed by atoms with E-state index in [4.69, 9.17) is 9.73 Å². The summed E-state index contributed by atoms with van der Waals surface area (Å²) < 4.78 is 5.65. The molecule has 1 aliphatic rings. The average molecular weight is 348 g/mol. The molecule has 0 aliphatic carbocycles. The number of nitrogens with one attached hydrogen (secondary N) is 2. The number of nitrogens with zero attached hydrogens (tertiary/aromatic N) is 3. The van der Waals surface area contributed by atoms with Gasteiger partial charge in [-0.2, -0.15) is 0 Å². The van der Waals surface area contributed by atoms with Crippen LogP contribution >= 0.6 is 0 Å². The molecule has 1 fully saturated rings. The number of hydrogen-bond donors (Lipinski definition) is 2. The topological polar surface area (TPSA) is 61.8 Å². The van der Waals surface area contributed by atoms with E-state index >= 15 is 0 Å². The van der Waals surface area contributed by atoms with E-state index in [1.807, 2.05) is 12.1 Å². The van der Waals surface area contributed by atoms with E-state index in [0.29, 0.717) is 13.2 Å². The van der Waals surface area contributed by atoms with Gasteiger partial charge in [-0.25, -0.2) is 0 Å². The van der Waals surface area contributed by atoms with Crippen molar-refractivity contribution in [3.05, 3.63) is 24.5 Å². The fourth-order valence-corrected chi connectivity index (χ4v) is 3.22. The van der Waals surface area contributed by atoms with Gasteiger partial charge in [-0.15, -0.1) is 0 Å². The van der Waals surface area contributed by atoms with Gasteiger partial charge in [0, 0.05) is 25.3 Å². The molecule has 1 aromatic heterocycles. The number of aromatic nitrogens is 1. The maximum absolute atomic E-state index is 5.65. The molecule has 1 saturated heterocycles. The predicted octanol–water partition coefficient (Wildman–Crippen LogP) is 2.28. The molecule has 2 N–H and O–H groups in total. The number of likely N-dealkylation sites (tertiary alicyclic amines) is 1. The fraction of sp³-hybridized carbons (Fsp3) is 0.684. The maximum atomic E-state index is 5.65. The van der Waals surface area contributed by atoms with Gasteiger partial charge in [-0.1, -0.05) is 13.3 Å². The number of aliphatic imine (C=N–C) groups is 1. The number of ether oxygens (including phenoxy) is 1. The maximum Gasteiger partial charge on any atom is 0.191 e. The highest BCUT2D eigenvalue weighted by molar-refractivity contribution is 5.79. The molecule has 1 unspecified atom stereocenters. The monoisotopic (exact) mass is 347 g/mol. The van der Waals surface area contributed by atoms with E-state index in [-0.39, 0.29) is 0 Å². The molecule has 0 saturated carbocycles. The fourth-order valence-electron chi connectivity index (χ4n) is 3.22. The molecule has 0 amide bonds. The van der Waals surface area contributed by atoms with Crippen molar-refractivity contribution in [1.29, 1.82) is 0 Å². The van der Waals surface area contributed by atoms with E-state index in [1.54, 1.807) is 12.4 Å².